The van der Waals surface area contributed by atoms with Gasteiger partial charge in [0.15, 0.2) is 0 Å². The minimum absolute atomic E-state index is 0.106. The summed E-state index contributed by atoms with van der Waals surface area (Å²) in [5.74, 6) is 2.05. The molecule has 3 aromatic rings. The number of thiophene rings is 1. The van der Waals surface area contributed by atoms with Gasteiger partial charge in [-0.2, -0.15) is 0 Å². The molecule has 8 heteroatoms. The molecule has 174 valence electrons. The number of aromatic nitrogens is 2. The predicted molar refractivity (Wildman–Crippen MR) is 134 cm³/mol. The lowest BCUT2D eigenvalue weighted by Gasteiger charge is -2.36. The molecule has 0 atom stereocenters. The van der Waals surface area contributed by atoms with Crippen molar-refractivity contribution < 1.29 is 9.53 Å². The van der Waals surface area contributed by atoms with Gasteiger partial charge < -0.3 is 14.5 Å². The van der Waals surface area contributed by atoms with Crippen LogP contribution < -0.4 is 4.90 Å². The van der Waals surface area contributed by atoms with E-state index >= 15 is 0 Å². The Morgan fingerprint density at radius 3 is 2.58 bits per heavy atom. The topological polar surface area (TPSA) is 58.6 Å². The maximum Gasteiger partial charge on any atom is 0.264 e. The van der Waals surface area contributed by atoms with Gasteiger partial charge in [0.1, 0.15) is 11.6 Å². The van der Waals surface area contributed by atoms with E-state index in [-0.39, 0.29) is 11.8 Å². The first-order chi connectivity index (χ1) is 16.0. The Morgan fingerprint density at radius 1 is 1.15 bits per heavy atom. The van der Waals surface area contributed by atoms with Crippen molar-refractivity contribution >= 4 is 34.7 Å². The molecule has 0 unspecified atom stereocenters. The molecule has 0 saturated carbocycles. The summed E-state index contributed by atoms with van der Waals surface area (Å²) in [6.07, 6.45) is 0.668. The molecular weight excluding hydrogens is 456 g/mol. The summed E-state index contributed by atoms with van der Waals surface area (Å²) in [6, 6.07) is 11.7. The molecule has 0 radical (unpaired) electrons. The average molecular weight is 485 g/mol. The van der Waals surface area contributed by atoms with Crippen molar-refractivity contribution in [3.05, 3.63) is 74.3 Å². The molecule has 1 saturated heterocycles. The summed E-state index contributed by atoms with van der Waals surface area (Å²) in [4.78, 5) is 27.6. The van der Waals surface area contributed by atoms with Gasteiger partial charge in [0.2, 0.25) is 0 Å². The quantitative estimate of drug-likeness (QED) is 0.471. The number of anilines is 1. The molecule has 33 heavy (non-hydrogen) atoms. The van der Waals surface area contributed by atoms with Crippen molar-refractivity contribution in [1.82, 2.24) is 14.9 Å². The van der Waals surface area contributed by atoms with Crippen molar-refractivity contribution in [2.75, 3.05) is 38.2 Å². The molecule has 1 amide bonds. The summed E-state index contributed by atoms with van der Waals surface area (Å²) in [5, 5.41) is 2.65. The summed E-state index contributed by atoms with van der Waals surface area (Å²) < 4.78 is 5.51. The van der Waals surface area contributed by atoms with E-state index in [1.54, 1.807) is 7.11 Å². The molecule has 1 fully saturated rings. The van der Waals surface area contributed by atoms with Gasteiger partial charge in [0.05, 0.1) is 17.2 Å². The number of nitrogens with zero attached hydrogens (tertiary/aromatic N) is 4. The van der Waals surface area contributed by atoms with E-state index in [0.29, 0.717) is 31.1 Å². The zero-order chi connectivity index (χ0) is 23.4. The third kappa shape index (κ3) is 5.54. The zero-order valence-electron chi connectivity index (χ0n) is 19.3. The van der Waals surface area contributed by atoms with E-state index in [1.807, 2.05) is 40.6 Å². The van der Waals surface area contributed by atoms with Crippen molar-refractivity contribution in [2.45, 2.75) is 32.8 Å². The Labute approximate surface area is 204 Å². The third-order valence-electron chi connectivity index (χ3n) is 5.75. The van der Waals surface area contributed by atoms with Gasteiger partial charge in [-0.3, -0.25) is 4.79 Å². The Bertz CT molecular complexity index is 1100. The van der Waals surface area contributed by atoms with Gasteiger partial charge in [-0.15, -0.1) is 11.3 Å². The number of carbonyl (C=O) groups is 1. The van der Waals surface area contributed by atoms with Crippen LogP contribution in [0.2, 0.25) is 5.02 Å². The van der Waals surface area contributed by atoms with Crippen LogP contribution >= 0.6 is 22.9 Å². The summed E-state index contributed by atoms with van der Waals surface area (Å²) in [7, 11) is 1.69. The normalized spacial score (nSPS) is 14.2. The molecule has 6 nitrogen and oxygen atoms in total. The van der Waals surface area contributed by atoms with E-state index in [9.17, 15) is 4.79 Å². The minimum atomic E-state index is 0.106. The summed E-state index contributed by atoms with van der Waals surface area (Å²) in [6.45, 7) is 7.39. The summed E-state index contributed by atoms with van der Waals surface area (Å²) >= 11 is 7.74. The van der Waals surface area contributed by atoms with Crippen LogP contribution in [0.4, 0.5) is 5.82 Å². The van der Waals surface area contributed by atoms with E-state index in [0.717, 1.165) is 46.4 Å². The van der Waals surface area contributed by atoms with Crippen LogP contribution in [0, 0.1) is 0 Å². The molecule has 4 rings (SSSR count). The van der Waals surface area contributed by atoms with Crippen LogP contribution in [0.15, 0.2) is 41.8 Å². The number of ether oxygens (including phenoxy) is 1. The molecule has 0 spiro atoms. The van der Waals surface area contributed by atoms with Gasteiger partial charge in [0.25, 0.3) is 5.91 Å². The van der Waals surface area contributed by atoms with Crippen molar-refractivity contribution in [3.63, 3.8) is 0 Å². The van der Waals surface area contributed by atoms with E-state index < -0.39 is 0 Å². The number of halogens is 1. The first kappa shape index (κ1) is 23.7. The fourth-order valence-electron chi connectivity index (χ4n) is 4.02. The number of carbonyl (C=O) groups excluding carboxylic acids is 1. The van der Waals surface area contributed by atoms with Crippen molar-refractivity contribution in [3.8, 4) is 0 Å². The number of piperazine rings is 1. The van der Waals surface area contributed by atoms with E-state index in [4.69, 9.17) is 26.3 Å². The highest BCUT2D eigenvalue weighted by Gasteiger charge is 2.27. The van der Waals surface area contributed by atoms with Gasteiger partial charge in [-0.05, 0) is 29.1 Å². The first-order valence-electron chi connectivity index (χ1n) is 11.2. The fraction of sp³-hybridized carbons (Fsp3) is 0.400. The molecule has 2 aromatic heterocycles. The maximum absolute atomic E-state index is 12.8. The van der Waals surface area contributed by atoms with E-state index in [1.165, 1.54) is 11.3 Å². The van der Waals surface area contributed by atoms with Gasteiger partial charge >= 0.3 is 0 Å². The smallest absolute Gasteiger partial charge is 0.264 e. The maximum atomic E-state index is 12.8. The molecule has 1 aliphatic heterocycles. The SMILES string of the molecule is COCc1nc(C(C)C)nc(N2CCN(C(=O)c3cccs3)CC2)c1Cc1cccc(Cl)c1. The van der Waals surface area contributed by atoms with Crippen molar-refractivity contribution in [2.24, 2.45) is 0 Å². The lowest BCUT2D eigenvalue weighted by molar-refractivity contribution is 0.0751. The lowest BCUT2D eigenvalue weighted by atomic mass is 10.0. The van der Waals surface area contributed by atoms with Gasteiger partial charge in [-0.1, -0.05) is 43.6 Å². The zero-order valence-corrected chi connectivity index (χ0v) is 20.8. The standard InChI is InChI=1S/C25H29ClN4O2S/c1-17(2)23-27-21(16-32-3)20(15-18-6-4-7-19(26)14-18)24(28-23)29-9-11-30(12-10-29)25(31)22-8-5-13-33-22/h4-8,13-14,17H,9-12,15-16H2,1-3H3. The first-order valence-corrected chi connectivity index (χ1v) is 12.4. The lowest BCUT2D eigenvalue weighted by Crippen LogP contribution is -2.49. The Hall–Kier alpha value is -2.48. The Kier molecular flexibility index (Phi) is 7.63. The molecule has 3 heterocycles. The third-order valence-corrected chi connectivity index (χ3v) is 6.85. The van der Waals surface area contributed by atoms with Crippen LogP contribution in [-0.4, -0.2) is 54.1 Å². The number of hydrogen-bond acceptors (Lipinski definition) is 6. The highest BCUT2D eigenvalue weighted by Crippen LogP contribution is 2.29. The Balaban J connectivity index is 1.64. The number of rotatable bonds is 7. The molecule has 1 aliphatic rings. The minimum Gasteiger partial charge on any atom is -0.378 e. The van der Waals surface area contributed by atoms with Crippen molar-refractivity contribution in [1.29, 1.82) is 0 Å². The van der Waals surface area contributed by atoms with Crippen LogP contribution in [-0.2, 0) is 17.8 Å². The molecule has 1 aromatic carbocycles. The predicted octanol–water partition coefficient (Wildman–Crippen LogP) is 5.01. The van der Waals surface area contributed by atoms with Crippen LogP contribution in [0.3, 0.4) is 0 Å². The van der Waals surface area contributed by atoms with Crippen LogP contribution in [0.5, 0.6) is 0 Å². The second kappa shape index (κ2) is 10.6. The average Bonchev–Trinajstić information content (AvgIpc) is 3.35. The molecule has 0 N–H and O–H groups in total. The number of hydrogen-bond donors (Lipinski definition) is 0. The molecular formula is C25H29ClN4O2S. The number of amides is 1. The Morgan fingerprint density at radius 2 is 1.94 bits per heavy atom. The number of methoxy groups -OCH3 is 1. The highest BCUT2D eigenvalue weighted by atomic mass is 35.5. The van der Waals surface area contributed by atoms with Gasteiger partial charge in [-0.25, -0.2) is 9.97 Å². The highest BCUT2D eigenvalue weighted by molar-refractivity contribution is 7.12. The van der Waals surface area contributed by atoms with Gasteiger partial charge in [0, 0.05) is 56.2 Å². The monoisotopic (exact) mass is 484 g/mol. The van der Waals surface area contributed by atoms with Crippen LogP contribution in [0.1, 0.15) is 52.1 Å². The second-order valence-corrected chi connectivity index (χ2v) is 9.87. The summed E-state index contributed by atoms with van der Waals surface area (Å²) in [5.41, 5.74) is 3.07. The largest absolute Gasteiger partial charge is 0.378 e. The van der Waals surface area contributed by atoms with Crippen LogP contribution in [0.25, 0.3) is 0 Å². The fourth-order valence-corrected chi connectivity index (χ4v) is 4.92. The molecule has 0 bridgehead atoms. The van der Waals surface area contributed by atoms with E-state index in [2.05, 4.69) is 24.8 Å². The second-order valence-electron chi connectivity index (χ2n) is 8.48. The number of benzene rings is 1. The molecule has 0 aliphatic carbocycles.